The standard InChI is InChI=1S/C15H18N4O2S/c1-10(11-5-3-2-4-6-11)16-13(20)9-22-15-18-17-14(21)19(15)12-7-8-12/h2-6,10,12H,7-9H2,1H3,(H,16,20)(H,17,21). The fourth-order valence-corrected chi connectivity index (χ4v) is 3.11. The Morgan fingerprint density at radius 1 is 1.45 bits per heavy atom. The molecule has 1 saturated carbocycles. The van der Waals surface area contributed by atoms with Crippen molar-refractivity contribution in [2.75, 3.05) is 5.75 Å². The first kappa shape index (κ1) is 14.9. The molecule has 1 heterocycles. The molecule has 0 radical (unpaired) electrons. The Balaban J connectivity index is 1.56. The molecule has 3 rings (SSSR count). The van der Waals surface area contributed by atoms with Crippen molar-refractivity contribution in [1.82, 2.24) is 20.1 Å². The van der Waals surface area contributed by atoms with Crippen molar-refractivity contribution in [3.8, 4) is 0 Å². The quantitative estimate of drug-likeness (QED) is 0.797. The molecule has 2 N–H and O–H groups in total. The zero-order valence-corrected chi connectivity index (χ0v) is 13.1. The second-order valence-electron chi connectivity index (χ2n) is 5.40. The van der Waals surface area contributed by atoms with Gasteiger partial charge in [0.15, 0.2) is 5.16 Å². The van der Waals surface area contributed by atoms with Crippen LogP contribution in [0.2, 0.25) is 0 Å². The highest BCUT2D eigenvalue weighted by atomic mass is 32.2. The van der Waals surface area contributed by atoms with Gasteiger partial charge in [-0.25, -0.2) is 9.89 Å². The normalized spacial score (nSPS) is 15.5. The van der Waals surface area contributed by atoms with E-state index in [-0.39, 0.29) is 29.4 Å². The van der Waals surface area contributed by atoms with Crippen LogP contribution in [0, 0.1) is 0 Å². The van der Waals surface area contributed by atoms with E-state index in [4.69, 9.17) is 0 Å². The van der Waals surface area contributed by atoms with Crippen molar-refractivity contribution in [2.24, 2.45) is 0 Å². The number of hydrogen-bond acceptors (Lipinski definition) is 4. The summed E-state index contributed by atoms with van der Waals surface area (Å²) in [5.74, 6) is 0.174. The second kappa shape index (κ2) is 6.39. The first-order valence-electron chi connectivity index (χ1n) is 7.29. The SMILES string of the molecule is CC(NC(=O)CSc1n[nH]c(=O)n1C1CC1)c1ccccc1. The summed E-state index contributed by atoms with van der Waals surface area (Å²) >= 11 is 1.29. The highest BCUT2D eigenvalue weighted by Gasteiger charge is 2.28. The largest absolute Gasteiger partial charge is 0.349 e. The van der Waals surface area contributed by atoms with Crippen LogP contribution in [0.25, 0.3) is 0 Å². The van der Waals surface area contributed by atoms with Crippen molar-refractivity contribution in [3.05, 3.63) is 46.4 Å². The Hall–Kier alpha value is -2.02. The van der Waals surface area contributed by atoms with E-state index in [2.05, 4.69) is 15.5 Å². The third kappa shape index (κ3) is 3.41. The average Bonchev–Trinajstić information content (AvgIpc) is 3.29. The van der Waals surface area contributed by atoms with Crippen LogP contribution in [0.5, 0.6) is 0 Å². The monoisotopic (exact) mass is 318 g/mol. The molecule has 2 aromatic rings. The highest BCUT2D eigenvalue weighted by molar-refractivity contribution is 7.99. The lowest BCUT2D eigenvalue weighted by atomic mass is 10.1. The number of benzene rings is 1. The van der Waals surface area contributed by atoms with Crippen LogP contribution >= 0.6 is 11.8 Å². The van der Waals surface area contributed by atoms with E-state index >= 15 is 0 Å². The number of H-pyrrole nitrogens is 1. The zero-order chi connectivity index (χ0) is 15.5. The van der Waals surface area contributed by atoms with E-state index in [0.717, 1.165) is 18.4 Å². The summed E-state index contributed by atoms with van der Waals surface area (Å²) in [5, 5.41) is 9.99. The number of thioether (sulfide) groups is 1. The van der Waals surface area contributed by atoms with Crippen LogP contribution in [-0.4, -0.2) is 26.4 Å². The van der Waals surface area contributed by atoms with Gasteiger partial charge in [0.25, 0.3) is 0 Å². The van der Waals surface area contributed by atoms with Crippen molar-refractivity contribution >= 4 is 17.7 Å². The molecular weight excluding hydrogens is 300 g/mol. The van der Waals surface area contributed by atoms with E-state index < -0.39 is 0 Å². The van der Waals surface area contributed by atoms with Gasteiger partial charge in [0, 0.05) is 6.04 Å². The van der Waals surface area contributed by atoms with Crippen molar-refractivity contribution < 1.29 is 4.79 Å². The minimum Gasteiger partial charge on any atom is -0.349 e. The molecule has 1 aliphatic rings. The van der Waals surface area contributed by atoms with Gasteiger partial charge < -0.3 is 5.32 Å². The molecule has 1 amide bonds. The molecule has 1 unspecified atom stereocenters. The summed E-state index contributed by atoms with van der Waals surface area (Å²) in [6.45, 7) is 1.95. The Morgan fingerprint density at radius 2 is 2.18 bits per heavy atom. The lowest BCUT2D eigenvalue weighted by Crippen LogP contribution is -2.28. The van der Waals surface area contributed by atoms with Gasteiger partial charge in [0.2, 0.25) is 5.91 Å². The first-order chi connectivity index (χ1) is 10.6. The average molecular weight is 318 g/mol. The number of hydrogen-bond donors (Lipinski definition) is 2. The van der Waals surface area contributed by atoms with Gasteiger partial charge in [-0.05, 0) is 25.3 Å². The van der Waals surface area contributed by atoms with E-state index in [0.29, 0.717) is 5.16 Å². The summed E-state index contributed by atoms with van der Waals surface area (Å²) in [6, 6.07) is 10.0. The number of amides is 1. The van der Waals surface area contributed by atoms with Gasteiger partial charge in [0.1, 0.15) is 0 Å². The number of rotatable bonds is 6. The van der Waals surface area contributed by atoms with Crippen LogP contribution in [0.4, 0.5) is 0 Å². The topological polar surface area (TPSA) is 79.8 Å². The minimum absolute atomic E-state index is 0.0425. The van der Waals surface area contributed by atoms with Crippen LogP contribution in [0.15, 0.2) is 40.3 Å². The van der Waals surface area contributed by atoms with Gasteiger partial charge in [0.05, 0.1) is 11.8 Å². The maximum absolute atomic E-state index is 12.0. The van der Waals surface area contributed by atoms with E-state index in [9.17, 15) is 9.59 Å². The number of carbonyl (C=O) groups is 1. The van der Waals surface area contributed by atoms with Gasteiger partial charge in [-0.2, -0.15) is 0 Å². The number of nitrogens with one attached hydrogen (secondary N) is 2. The summed E-state index contributed by atoms with van der Waals surface area (Å²) in [7, 11) is 0. The lowest BCUT2D eigenvalue weighted by Gasteiger charge is -2.14. The minimum atomic E-state index is -0.192. The predicted molar refractivity (Wildman–Crippen MR) is 84.8 cm³/mol. The van der Waals surface area contributed by atoms with Gasteiger partial charge in [-0.15, -0.1) is 5.10 Å². The Labute approximate surface area is 132 Å². The van der Waals surface area contributed by atoms with Gasteiger partial charge in [-0.3, -0.25) is 9.36 Å². The third-order valence-electron chi connectivity index (χ3n) is 3.59. The molecule has 1 aliphatic carbocycles. The molecule has 1 aromatic heterocycles. The summed E-state index contributed by atoms with van der Waals surface area (Å²) < 4.78 is 1.65. The van der Waals surface area contributed by atoms with Crippen LogP contribution in [0.1, 0.15) is 37.4 Å². The maximum atomic E-state index is 12.0. The molecule has 0 aliphatic heterocycles. The van der Waals surface area contributed by atoms with E-state index in [1.165, 1.54) is 11.8 Å². The molecule has 22 heavy (non-hydrogen) atoms. The summed E-state index contributed by atoms with van der Waals surface area (Å²) in [4.78, 5) is 23.7. The number of aromatic amines is 1. The smallest absolute Gasteiger partial charge is 0.344 e. The predicted octanol–water partition coefficient (Wildman–Crippen LogP) is 1.88. The number of carbonyl (C=O) groups excluding carboxylic acids is 1. The molecule has 1 aromatic carbocycles. The van der Waals surface area contributed by atoms with E-state index in [1.807, 2.05) is 37.3 Å². The number of nitrogens with zero attached hydrogens (tertiary/aromatic N) is 2. The second-order valence-corrected chi connectivity index (χ2v) is 6.34. The fraction of sp³-hybridized carbons (Fsp3) is 0.400. The molecule has 6 nitrogen and oxygen atoms in total. The lowest BCUT2D eigenvalue weighted by molar-refractivity contribution is -0.119. The molecule has 0 spiro atoms. The molecule has 116 valence electrons. The van der Waals surface area contributed by atoms with Crippen LogP contribution in [-0.2, 0) is 4.79 Å². The van der Waals surface area contributed by atoms with Crippen LogP contribution in [0.3, 0.4) is 0 Å². The fourth-order valence-electron chi connectivity index (χ4n) is 2.29. The van der Waals surface area contributed by atoms with Gasteiger partial charge >= 0.3 is 5.69 Å². The first-order valence-corrected chi connectivity index (χ1v) is 8.27. The Kier molecular flexibility index (Phi) is 4.33. The summed E-state index contributed by atoms with van der Waals surface area (Å²) in [6.07, 6.45) is 2.01. The summed E-state index contributed by atoms with van der Waals surface area (Å²) in [5.41, 5.74) is 0.874. The molecule has 1 atom stereocenters. The molecule has 1 fully saturated rings. The Morgan fingerprint density at radius 3 is 2.86 bits per heavy atom. The third-order valence-corrected chi connectivity index (χ3v) is 4.55. The van der Waals surface area contributed by atoms with Crippen LogP contribution < -0.4 is 11.0 Å². The molecule has 0 bridgehead atoms. The van der Waals surface area contributed by atoms with Crippen molar-refractivity contribution in [2.45, 2.75) is 37.0 Å². The van der Waals surface area contributed by atoms with Gasteiger partial charge in [-0.1, -0.05) is 42.1 Å². The molecular formula is C15H18N4O2S. The molecule has 7 heteroatoms. The van der Waals surface area contributed by atoms with Crippen molar-refractivity contribution in [1.29, 1.82) is 0 Å². The van der Waals surface area contributed by atoms with E-state index in [1.54, 1.807) is 4.57 Å². The number of aromatic nitrogens is 3. The maximum Gasteiger partial charge on any atom is 0.344 e. The zero-order valence-electron chi connectivity index (χ0n) is 12.3. The Bertz CT molecular complexity index is 706. The van der Waals surface area contributed by atoms with Crippen molar-refractivity contribution in [3.63, 3.8) is 0 Å². The molecule has 0 saturated heterocycles. The highest BCUT2D eigenvalue weighted by Crippen LogP contribution is 2.35.